The van der Waals surface area contributed by atoms with Gasteiger partial charge in [-0.3, -0.25) is 4.79 Å². The summed E-state index contributed by atoms with van der Waals surface area (Å²) in [6.45, 7) is 11.4. The molecule has 0 aliphatic heterocycles. The summed E-state index contributed by atoms with van der Waals surface area (Å²) in [5.41, 5.74) is -1.14. The summed E-state index contributed by atoms with van der Waals surface area (Å²) < 4.78 is 0.776. The summed E-state index contributed by atoms with van der Waals surface area (Å²) in [6, 6.07) is 0. The molecular formula is C33H68NO2+. The first-order valence-corrected chi connectivity index (χ1v) is 16.5. The second-order valence-electron chi connectivity index (χ2n) is 12.1. The van der Waals surface area contributed by atoms with Crippen LogP contribution < -0.4 is 0 Å². The summed E-state index contributed by atoms with van der Waals surface area (Å²) in [6.07, 6.45) is 28.2. The summed E-state index contributed by atoms with van der Waals surface area (Å²) in [7, 11) is 2.19. The van der Waals surface area contributed by atoms with E-state index in [-0.39, 0.29) is 5.78 Å². The number of hydrogen-bond donors (Lipinski definition) is 1. The van der Waals surface area contributed by atoms with Crippen molar-refractivity contribution >= 4 is 5.78 Å². The molecule has 3 nitrogen and oxygen atoms in total. The quantitative estimate of drug-likeness (QED) is 0.0839. The summed E-state index contributed by atoms with van der Waals surface area (Å²) >= 11 is 0. The van der Waals surface area contributed by atoms with Gasteiger partial charge in [0.25, 0.3) is 0 Å². The van der Waals surface area contributed by atoms with Crippen molar-refractivity contribution in [2.75, 3.05) is 26.7 Å². The van der Waals surface area contributed by atoms with E-state index in [0.717, 1.165) is 43.3 Å². The van der Waals surface area contributed by atoms with Gasteiger partial charge in [0.2, 0.25) is 0 Å². The smallest absolute Gasteiger partial charge is 0.171 e. The molecule has 36 heavy (non-hydrogen) atoms. The van der Waals surface area contributed by atoms with Crippen LogP contribution in [0.2, 0.25) is 0 Å². The number of quaternary nitrogens is 1. The fourth-order valence-corrected chi connectivity index (χ4v) is 5.47. The number of rotatable bonds is 28. The van der Waals surface area contributed by atoms with E-state index in [2.05, 4.69) is 34.7 Å². The van der Waals surface area contributed by atoms with E-state index < -0.39 is 5.60 Å². The van der Waals surface area contributed by atoms with Gasteiger partial charge in [-0.25, -0.2) is 0 Å². The zero-order chi connectivity index (χ0) is 27.0. The van der Waals surface area contributed by atoms with E-state index in [1.165, 1.54) is 109 Å². The molecule has 1 atom stereocenters. The number of unbranched alkanes of at least 4 members (excludes halogenated alkanes) is 19. The van der Waals surface area contributed by atoms with Gasteiger partial charge in [-0.1, -0.05) is 136 Å². The molecule has 3 heteroatoms. The minimum Gasteiger partial charge on any atom is -0.377 e. The van der Waals surface area contributed by atoms with Gasteiger partial charge in [-0.05, 0) is 33.1 Å². The molecule has 0 aliphatic carbocycles. The lowest BCUT2D eigenvalue weighted by atomic mass is 9.87. The van der Waals surface area contributed by atoms with Gasteiger partial charge in [-0.15, -0.1) is 0 Å². The zero-order valence-corrected chi connectivity index (χ0v) is 25.7. The van der Waals surface area contributed by atoms with Gasteiger partial charge in [0, 0.05) is 6.42 Å². The summed E-state index contributed by atoms with van der Waals surface area (Å²) in [5, 5.41) is 11.6. The SMILES string of the molecule is CCCCCCCCCCCCCCC(O)(C[N+](C)(CC)CC)C(=O)CCCCCCCCCCC. The van der Waals surface area contributed by atoms with E-state index in [0.29, 0.717) is 19.4 Å². The maximum Gasteiger partial charge on any atom is 0.171 e. The highest BCUT2D eigenvalue weighted by Crippen LogP contribution is 2.25. The van der Waals surface area contributed by atoms with Crippen LogP contribution in [-0.4, -0.2) is 47.7 Å². The number of hydrogen-bond acceptors (Lipinski definition) is 2. The average Bonchev–Trinajstić information content (AvgIpc) is 2.88. The zero-order valence-electron chi connectivity index (χ0n) is 25.7. The number of ketones is 1. The molecule has 0 aliphatic rings. The molecule has 0 saturated heterocycles. The molecule has 1 N–H and O–H groups in total. The maximum absolute atomic E-state index is 13.3. The van der Waals surface area contributed by atoms with Gasteiger partial charge < -0.3 is 9.59 Å². The number of nitrogens with zero attached hydrogens (tertiary/aromatic N) is 1. The highest BCUT2D eigenvalue weighted by molar-refractivity contribution is 5.87. The van der Waals surface area contributed by atoms with Crippen molar-refractivity contribution in [1.82, 2.24) is 0 Å². The Bertz CT molecular complexity index is 488. The third-order valence-corrected chi connectivity index (χ3v) is 8.64. The summed E-state index contributed by atoms with van der Waals surface area (Å²) in [5.74, 6) is 0.111. The standard InChI is InChI=1S/C33H68NO2/c1-6-10-12-14-16-18-19-20-22-24-26-28-30-33(36,31-34(5,8-3)9-4)32(35)29-27-25-23-21-17-15-13-11-7-2/h36H,6-31H2,1-5H3/q+1. The predicted octanol–water partition coefficient (Wildman–Crippen LogP) is 9.79. The fraction of sp³-hybridized carbons (Fsp3) is 0.970. The monoisotopic (exact) mass is 511 g/mol. The Balaban J connectivity index is 4.30. The van der Waals surface area contributed by atoms with Gasteiger partial charge in [0.1, 0.15) is 6.54 Å². The molecule has 0 fully saturated rings. The van der Waals surface area contributed by atoms with Crippen LogP contribution >= 0.6 is 0 Å². The van der Waals surface area contributed by atoms with Gasteiger partial charge in [0.15, 0.2) is 11.4 Å². The fourth-order valence-electron chi connectivity index (χ4n) is 5.47. The van der Waals surface area contributed by atoms with Crippen LogP contribution in [-0.2, 0) is 4.79 Å². The van der Waals surface area contributed by atoms with Crippen molar-refractivity contribution in [1.29, 1.82) is 0 Å². The van der Waals surface area contributed by atoms with Crippen molar-refractivity contribution in [3.63, 3.8) is 0 Å². The Kier molecular flexibility index (Phi) is 23.4. The third-order valence-electron chi connectivity index (χ3n) is 8.64. The maximum atomic E-state index is 13.3. The van der Waals surface area contributed by atoms with Crippen molar-refractivity contribution in [2.24, 2.45) is 0 Å². The first-order chi connectivity index (χ1) is 17.4. The van der Waals surface area contributed by atoms with E-state index in [1.54, 1.807) is 0 Å². The van der Waals surface area contributed by atoms with Crippen molar-refractivity contribution in [3.05, 3.63) is 0 Å². The Hall–Kier alpha value is -0.410. The van der Waals surface area contributed by atoms with Gasteiger partial charge in [-0.2, -0.15) is 0 Å². The highest BCUT2D eigenvalue weighted by Gasteiger charge is 2.41. The predicted molar refractivity (Wildman–Crippen MR) is 160 cm³/mol. The molecule has 1 unspecified atom stereocenters. The van der Waals surface area contributed by atoms with E-state index in [1.807, 2.05) is 0 Å². The number of aliphatic hydroxyl groups is 1. The number of likely N-dealkylation sites (N-methyl/N-ethyl adjacent to an activating group) is 1. The third kappa shape index (κ3) is 18.8. The van der Waals surface area contributed by atoms with Crippen LogP contribution in [0.5, 0.6) is 0 Å². The second kappa shape index (κ2) is 23.7. The number of Topliss-reactive ketones (excluding diaryl/α,β-unsaturated/α-hetero) is 1. The molecular weight excluding hydrogens is 442 g/mol. The van der Waals surface area contributed by atoms with Gasteiger partial charge in [0.05, 0.1) is 20.1 Å². The Morgan fingerprint density at radius 1 is 0.556 bits per heavy atom. The molecule has 0 heterocycles. The van der Waals surface area contributed by atoms with Crippen LogP contribution in [0, 0.1) is 0 Å². The first-order valence-electron chi connectivity index (χ1n) is 16.5. The van der Waals surface area contributed by atoms with Crippen LogP contribution in [0.1, 0.15) is 175 Å². The van der Waals surface area contributed by atoms with E-state index >= 15 is 0 Å². The highest BCUT2D eigenvalue weighted by atomic mass is 16.3. The minimum atomic E-state index is -1.14. The van der Waals surface area contributed by atoms with Crippen molar-refractivity contribution < 1.29 is 14.4 Å². The Morgan fingerprint density at radius 2 is 0.889 bits per heavy atom. The van der Waals surface area contributed by atoms with Gasteiger partial charge >= 0.3 is 0 Å². The molecule has 0 bridgehead atoms. The normalized spacial score (nSPS) is 13.7. The average molecular weight is 511 g/mol. The first kappa shape index (κ1) is 35.6. The minimum absolute atomic E-state index is 0.111. The molecule has 0 amide bonds. The van der Waals surface area contributed by atoms with E-state index in [9.17, 15) is 9.90 Å². The summed E-state index contributed by atoms with van der Waals surface area (Å²) in [4.78, 5) is 13.3. The molecule has 0 spiro atoms. The van der Waals surface area contributed by atoms with Crippen molar-refractivity contribution in [2.45, 2.75) is 181 Å². The lowest BCUT2D eigenvalue weighted by Crippen LogP contribution is -2.57. The second-order valence-corrected chi connectivity index (χ2v) is 12.1. The lowest BCUT2D eigenvalue weighted by molar-refractivity contribution is -0.911. The molecule has 0 rings (SSSR count). The van der Waals surface area contributed by atoms with E-state index in [4.69, 9.17) is 0 Å². The van der Waals surface area contributed by atoms with Crippen LogP contribution in [0.15, 0.2) is 0 Å². The Labute approximate surface area is 227 Å². The van der Waals surface area contributed by atoms with Crippen LogP contribution in [0.25, 0.3) is 0 Å². The molecule has 0 aromatic rings. The molecule has 0 aromatic carbocycles. The van der Waals surface area contributed by atoms with Crippen LogP contribution in [0.4, 0.5) is 0 Å². The number of carbonyl (C=O) groups is 1. The number of carbonyl (C=O) groups excluding carboxylic acids is 1. The largest absolute Gasteiger partial charge is 0.377 e. The van der Waals surface area contributed by atoms with Crippen molar-refractivity contribution in [3.8, 4) is 0 Å². The Morgan fingerprint density at radius 3 is 1.25 bits per heavy atom. The van der Waals surface area contributed by atoms with Crippen LogP contribution in [0.3, 0.4) is 0 Å². The molecule has 0 radical (unpaired) electrons. The molecule has 0 aromatic heterocycles. The lowest BCUT2D eigenvalue weighted by Gasteiger charge is -2.39. The molecule has 216 valence electrons. The topological polar surface area (TPSA) is 37.3 Å². The molecule has 0 saturated carbocycles.